The van der Waals surface area contributed by atoms with E-state index >= 15 is 0 Å². The number of amides is 3. The summed E-state index contributed by atoms with van der Waals surface area (Å²) in [5, 5.41) is 2.61. The zero-order chi connectivity index (χ0) is 21.7. The van der Waals surface area contributed by atoms with E-state index in [9.17, 15) is 18.0 Å². The van der Waals surface area contributed by atoms with Crippen LogP contribution >= 0.6 is 15.9 Å². The number of hydrogen-bond donors (Lipinski definition) is 2. The predicted octanol–water partition coefficient (Wildman–Crippen LogP) is 2.08. The van der Waals surface area contributed by atoms with Crippen LogP contribution in [0.3, 0.4) is 0 Å². The summed E-state index contributed by atoms with van der Waals surface area (Å²) in [7, 11) is -3.62. The molecule has 2 aromatic carbocycles. The van der Waals surface area contributed by atoms with Crippen molar-refractivity contribution in [2.75, 3.05) is 26.2 Å². The monoisotopic (exact) mass is 494 g/mol. The van der Waals surface area contributed by atoms with Crippen molar-refractivity contribution in [2.24, 2.45) is 5.73 Å². The lowest BCUT2D eigenvalue weighted by atomic mass is 10.0. The van der Waals surface area contributed by atoms with E-state index in [0.29, 0.717) is 4.47 Å². The maximum absolute atomic E-state index is 12.8. The van der Waals surface area contributed by atoms with Gasteiger partial charge in [-0.15, -0.1) is 0 Å². The van der Waals surface area contributed by atoms with Crippen LogP contribution in [0.5, 0.6) is 0 Å². The molecular formula is C20H23BrN4O4S. The molecule has 0 bridgehead atoms. The van der Waals surface area contributed by atoms with Gasteiger partial charge in [0.25, 0.3) is 0 Å². The summed E-state index contributed by atoms with van der Waals surface area (Å²) in [5.41, 5.74) is 6.04. The molecule has 1 atom stereocenters. The van der Waals surface area contributed by atoms with Crippen LogP contribution in [0.2, 0.25) is 0 Å². The molecule has 1 saturated heterocycles. The number of nitrogens with zero attached hydrogens (tertiary/aromatic N) is 2. The first kappa shape index (κ1) is 22.3. The van der Waals surface area contributed by atoms with Crippen molar-refractivity contribution in [3.63, 3.8) is 0 Å². The Bertz CT molecular complexity index is 1010. The van der Waals surface area contributed by atoms with Crippen LogP contribution in [0.1, 0.15) is 18.0 Å². The minimum Gasteiger partial charge on any atom is -0.352 e. The molecular weight excluding hydrogens is 472 g/mol. The smallest absolute Gasteiger partial charge is 0.312 e. The third-order valence-corrected chi connectivity index (χ3v) is 7.31. The molecule has 3 rings (SSSR count). The second-order valence-corrected chi connectivity index (χ2v) is 9.77. The first-order valence-corrected chi connectivity index (χ1v) is 11.6. The van der Waals surface area contributed by atoms with Crippen molar-refractivity contribution in [3.8, 4) is 0 Å². The zero-order valence-electron chi connectivity index (χ0n) is 16.2. The van der Waals surface area contributed by atoms with Crippen LogP contribution in [0.15, 0.2) is 64.0 Å². The zero-order valence-corrected chi connectivity index (χ0v) is 18.6. The van der Waals surface area contributed by atoms with E-state index in [4.69, 9.17) is 5.73 Å². The number of primary amides is 1. The van der Waals surface area contributed by atoms with Gasteiger partial charge in [0.05, 0.1) is 17.4 Å². The minimum absolute atomic E-state index is 0.0470. The van der Waals surface area contributed by atoms with Gasteiger partial charge in [0, 0.05) is 30.7 Å². The number of piperazine rings is 1. The first-order chi connectivity index (χ1) is 14.3. The molecule has 1 heterocycles. The van der Waals surface area contributed by atoms with Crippen molar-refractivity contribution in [3.05, 3.63) is 64.6 Å². The second-order valence-electron chi connectivity index (χ2n) is 6.92. The topological polar surface area (TPSA) is 113 Å². The van der Waals surface area contributed by atoms with Crippen molar-refractivity contribution >= 4 is 37.9 Å². The van der Waals surface area contributed by atoms with E-state index in [2.05, 4.69) is 21.2 Å². The number of nitrogens with two attached hydrogens (primary N) is 1. The highest BCUT2D eigenvalue weighted by molar-refractivity contribution is 9.10. The summed E-state index contributed by atoms with van der Waals surface area (Å²) in [6.45, 7) is 0.980. The van der Waals surface area contributed by atoms with Crippen LogP contribution < -0.4 is 11.1 Å². The standard InChI is InChI=1S/C20H23BrN4O4S/c21-16-7-4-8-17(13-16)30(28,29)25-11-9-24(10-12-25)19(26)14-18(23-20(22)27)15-5-2-1-3-6-15/h1-8,13,18H,9-12,14H2,(H3,22,23,27). The maximum Gasteiger partial charge on any atom is 0.312 e. The van der Waals surface area contributed by atoms with Crippen LogP contribution in [-0.4, -0.2) is 55.7 Å². The van der Waals surface area contributed by atoms with Gasteiger partial charge in [-0.1, -0.05) is 52.3 Å². The molecule has 30 heavy (non-hydrogen) atoms. The molecule has 0 radical (unpaired) electrons. The molecule has 0 saturated carbocycles. The minimum atomic E-state index is -3.62. The summed E-state index contributed by atoms with van der Waals surface area (Å²) in [4.78, 5) is 26.0. The largest absolute Gasteiger partial charge is 0.352 e. The van der Waals surface area contributed by atoms with Crippen LogP contribution in [0.25, 0.3) is 0 Å². The fourth-order valence-corrected chi connectivity index (χ4v) is 5.39. The Kier molecular flexibility index (Phi) is 7.11. The van der Waals surface area contributed by atoms with Crippen molar-refractivity contribution in [1.29, 1.82) is 0 Å². The van der Waals surface area contributed by atoms with Crippen molar-refractivity contribution in [1.82, 2.24) is 14.5 Å². The summed E-state index contributed by atoms with van der Waals surface area (Å²) in [5.74, 6) is -0.169. The lowest BCUT2D eigenvalue weighted by molar-refractivity contribution is -0.132. The van der Waals surface area contributed by atoms with Gasteiger partial charge in [0.2, 0.25) is 15.9 Å². The van der Waals surface area contributed by atoms with Crippen molar-refractivity contribution in [2.45, 2.75) is 17.4 Å². The van der Waals surface area contributed by atoms with Gasteiger partial charge in [-0.2, -0.15) is 4.31 Å². The Labute approximate surface area is 184 Å². The molecule has 1 fully saturated rings. The van der Waals surface area contributed by atoms with Crippen LogP contribution in [0, 0.1) is 0 Å². The Hall–Kier alpha value is -2.43. The SMILES string of the molecule is NC(=O)NC(CC(=O)N1CCN(S(=O)(=O)c2cccc(Br)c2)CC1)c1ccccc1. The molecule has 10 heteroatoms. The summed E-state index contributed by atoms with van der Waals surface area (Å²) < 4.78 is 27.8. The molecule has 3 amide bonds. The highest BCUT2D eigenvalue weighted by Crippen LogP contribution is 2.22. The summed E-state index contributed by atoms with van der Waals surface area (Å²) >= 11 is 3.29. The lowest BCUT2D eigenvalue weighted by Crippen LogP contribution is -2.51. The van der Waals surface area contributed by atoms with Gasteiger partial charge in [-0.05, 0) is 23.8 Å². The highest BCUT2D eigenvalue weighted by Gasteiger charge is 2.31. The van der Waals surface area contributed by atoms with Gasteiger partial charge in [0.1, 0.15) is 0 Å². The van der Waals surface area contributed by atoms with Gasteiger partial charge in [0.15, 0.2) is 0 Å². The van der Waals surface area contributed by atoms with Crippen LogP contribution in [-0.2, 0) is 14.8 Å². The Morgan fingerprint density at radius 3 is 2.30 bits per heavy atom. The fraction of sp³-hybridized carbons (Fsp3) is 0.300. The number of hydrogen-bond acceptors (Lipinski definition) is 4. The average molecular weight is 495 g/mol. The molecule has 0 spiro atoms. The van der Waals surface area contributed by atoms with Gasteiger partial charge < -0.3 is 16.0 Å². The first-order valence-electron chi connectivity index (χ1n) is 9.42. The lowest BCUT2D eigenvalue weighted by Gasteiger charge is -2.34. The van der Waals surface area contributed by atoms with E-state index in [-0.39, 0.29) is 43.4 Å². The molecule has 160 valence electrons. The summed E-state index contributed by atoms with van der Waals surface area (Å²) in [6.07, 6.45) is 0.0470. The van der Waals surface area contributed by atoms with Crippen LogP contribution in [0.4, 0.5) is 4.79 Å². The second kappa shape index (κ2) is 9.59. The highest BCUT2D eigenvalue weighted by atomic mass is 79.9. The van der Waals surface area contributed by atoms with E-state index in [1.54, 1.807) is 29.2 Å². The Morgan fingerprint density at radius 1 is 1.03 bits per heavy atom. The number of rotatable bonds is 6. The van der Waals surface area contributed by atoms with Gasteiger partial charge >= 0.3 is 6.03 Å². The molecule has 8 nitrogen and oxygen atoms in total. The van der Waals surface area contributed by atoms with E-state index in [1.807, 2.05) is 30.3 Å². The molecule has 2 aromatic rings. The van der Waals surface area contributed by atoms with E-state index < -0.39 is 22.1 Å². The molecule has 1 unspecified atom stereocenters. The number of carbonyl (C=O) groups is 2. The normalized spacial score (nSPS) is 16.1. The Morgan fingerprint density at radius 2 is 1.70 bits per heavy atom. The Balaban J connectivity index is 1.64. The number of halogens is 1. The number of carbonyl (C=O) groups excluding carboxylic acids is 2. The third kappa shape index (κ3) is 5.38. The molecule has 1 aliphatic heterocycles. The predicted molar refractivity (Wildman–Crippen MR) is 116 cm³/mol. The molecule has 1 aliphatic rings. The van der Waals surface area contributed by atoms with Gasteiger partial charge in [-0.3, -0.25) is 4.79 Å². The summed E-state index contributed by atoms with van der Waals surface area (Å²) in [6, 6.07) is 14.4. The third-order valence-electron chi connectivity index (χ3n) is 4.92. The molecule has 3 N–H and O–H groups in total. The average Bonchev–Trinajstić information content (AvgIpc) is 2.73. The molecule has 0 aromatic heterocycles. The van der Waals surface area contributed by atoms with E-state index in [1.165, 1.54) is 4.31 Å². The number of urea groups is 1. The number of nitrogens with one attached hydrogen (secondary N) is 1. The van der Waals surface area contributed by atoms with E-state index in [0.717, 1.165) is 5.56 Å². The quantitative estimate of drug-likeness (QED) is 0.639. The van der Waals surface area contributed by atoms with Crippen molar-refractivity contribution < 1.29 is 18.0 Å². The fourth-order valence-electron chi connectivity index (χ4n) is 3.37. The molecule has 0 aliphatic carbocycles. The maximum atomic E-state index is 12.8. The number of sulfonamides is 1. The van der Waals surface area contributed by atoms with Gasteiger partial charge in [-0.25, -0.2) is 13.2 Å². The number of benzene rings is 2.